The smallest absolute Gasteiger partial charge is 0.143 e. The second-order valence-electron chi connectivity index (χ2n) is 11.3. The van der Waals surface area contributed by atoms with E-state index in [1.54, 1.807) is 36.4 Å². The molecule has 1 aromatic heterocycles. The highest BCUT2D eigenvalue weighted by Crippen LogP contribution is 2.49. The van der Waals surface area contributed by atoms with Gasteiger partial charge in [-0.05, 0) is 89.1 Å². The first-order valence-corrected chi connectivity index (χ1v) is 15.1. The molecule has 0 fully saturated rings. The van der Waals surface area contributed by atoms with Gasteiger partial charge in [-0.3, -0.25) is 0 Å². The average molecular weight is 611 g/mol. The molecule has 1 heteroatoms. The summed E-state index contributed by atoms with van der Waals surface area (Å²) in [4.78, 5) is 0. The van der Waals surface area contributed by atoms with Crippen molar-refractivity contribution in [3.8, 4) is 33.4 Å². The topological polar surface area (TPSA) is 13.1 Å². The van der Waals surface area contributed by atoms with Gasteiger partial charge >= 0.3 is 0 Å². The van der Waals surface area contributed by atoms with Crippen LogP contribution in [0.5, 0.6) is 0 Å². The van der Waals surface area contributed by atoms with Crippen LogP contribution >= 0.6 is 0 Å². The average Bonchev–Trinajstić information content (AvgIpc) is 3.65. The monoisotopic (exact) mass is 610 g/mol. The highest BCUT2D eigenvalue weighted by Gasteiger charge is 2.22. The number of furan rings is 1. The molecule has 0 aliphatic rings. The van der Waals surface area contributed by atoms with E-state index in [0.29, 0.717) is 43.8 Å². The maximum atomic E-state index is 9.71. The fraction of sp³-hybridized carbons (Fsp3) is 0. The van der Waals surface area contributed by atoms with Crippen LogP contribution < -0.4 is 0 Å². The Balaban J connectivity index is 1.48. The summed E-state index contributed by atoms with van der Waals surface area (Å²) >= 11 is 0. The van der Waals surface area contributed by atoms with Gasteiger partial charge in [0.1, 0.15) is 11.2 Å². The van der Waals surface area contributed by atoms with E-state index in [-0.39, 0.29) is 43.8 Å². The number of rotatable bonds is 3. The highest BCUT2D eigenvalue weighted by molar-refractivity contribution is 6.26. The van der Waals surface area contributed by atoms with Crippen LogP contribution in [0.25, 0.3) is 98.4 Å². The molecular weight excluding hydrogens is 569 g/mol. The summed E-state index contributed by atoms with van der Waals surface area (Å²) in [5.41, 5.74) is 2.63. The third kappa shape index (κ3) is 3.97. The van der Waals surface area contributed by atoms with Crippen LogP contribution in [0.15, 0.2) is 174 Å². The van der Waals surface area contributed by atoms with E-state index in [9.17, 15) is 6.85 Å². The highest BCUT2D eigenvalue weighted by atomic mass is 16.3. The Morgan fingerprint density at radius 1 is 0.404 bits per heavy atom. The Bertz CT molecular complexity index is 3650. The molecule has 0 amide bonds. The van der Waals surface area contributed by atoms with Crippen LogP contribution in [0.1, 0.15) is 19.2 Å². The van der Waals surface area contributed by atoms with Crippen LogP contribution in [0.4, 0.5) is 0 Å². The summed E-state index contributed by atoms with van der Waals surface area (Å²) < 4.78 is 132. The largest absolute Gasteiger partial charge is 0.455 e. The van der Waals surface area contributed by atoms with Crippen LogP contribution in [0, 0.1) is 0 Å². The summed E-state index contributed by atoms with van der Waals surface area (Å²) in [7, 11) is 0. The zero-order valence-electron chi connectivity index (χ0n) is 38.5. The van der Waals surface area contributed by atoms with Gasteiger partial charge < -0.3 is 4.42 Å². The quantitative estimate of drug-likeness (QED) is 0.181. The van der Waals surface area contributed by atoms with Crippen molar-refractivity contribution in [2.24, 2.45) is 0 Å². The molecule has 10 aromatic rings. The summed E-state index contributed by atoms with van der Waals surface area (Å²) in [5.74, 6) is 0. The lowest BCUT2D eigenvalue weighted by Crippen LogP contribution is -1.93. The molecule has 0 bridgehead atoms. The van der Waals surface area contributed by atoms with Crippen molar-refractivity contribution >= 4 is 65.0 Å². The van der Waals surface area contributed by atoms with Crippen molar-refractivity contribution in [2.45, 2.75) is 0 Å². The molecule has 0 aliphatic carbocycles. The zero-order chi connectivity index (χ0) is 43.1. The predicted molar refractivity (Wildman–Crippen MR) is 200 cm³/mol. The maximum Gasteiger partial charge on any atom is 0.143 e. The summed E-state index contributed by atoms with van der Waals surface area (Å²) in [6.07, 6.45) is 0. The van der Waals surface area contributed by atoms with Crippen LogP contribution in [-0.4, -0.2) is 0 Å². The first-order valence-electron chi connectivity index (χ1n) is 22.1. The summed E-state index contributed by atoms with van der Waals surface area (Å²) in [5, 5.41) is 2.22. The van der Waals surface area contributed by atoms with E-state index in [1.165, 1.54) is 0 Å². The number of hydrogen-bond acceptors (Lipinski definition) is 1. The minimum absolute atomic E-state index is 0.0830. The van der Waals surface area contributed by atoms with Gasteiger partial charge in [-0.1, -0.05) is 151 Å². The molecule has 0 aliphatic heterocycles. The molecule has 218 valence electrons. The van der Waals surface area contributed by atoms with E-state index in [2.05, 4.69) is 0 Å². The van der Waals surface area contributed by atoms with Gasteiger partial charge in [0.2, 0.25) is 0 Å². The minimum Gasteiger partial charge on any atom is -0.455 e. The summed E-state index contributed by atoms with van der Waals surface area (Å²) in [6, 6.07) is 18.2. The Labute approximate surface area is 291 Å². The molecule has 1 nitrogen and oxygen atoms in total. The zero-order valence-corrected chi connectivity index (χ0v) is 24.5. The van der Waals surface area contributed by atoms with Gasteiger partial charge in [0.15, 0.2) is 0 Å². The van der Waals surface area contributed by atoms with Gasteiger partial charge in [0.05, 0.1) is 19.2 Å². The Hall–Kier alpha value is -6.18. The van der Waals surface area contributed by atoms with E-state index in [0.717, 1.165) is 10.8 Å². The van der Waals surface area contributed by atoms with Crippen molar-refractivity contribution in [3.05, 3.63) is 170 Å². The van der Waals surface area contributed by atoms with Gasteiger partial charge in [0, 0.05) is 16.3 Å². The third-order valence-electron chi connectivity index (χ3n) is 8.74. The second-order valence-corrected chi connectivity index (χ2v) is 11.3. The normalized spacial score (nSPS) is 16.0. The molecule has 10 rings (SSSR count). The molecule has 0 saturated carbocycles. The predicted octanol–water partition coefficient (Wildman–Crippen LogP) is 13.2. The molecule has 0 saturated heterocycles. The van der Waals surface area contributed by atoms with Crippen molar-refractivity contribution in [3.63, 3.8) is 0 Å². The molecule has 0 N–H and O–H groups in total. The Kier molecular flexibility index (Phi) is 3.44. The first-order chi connectivity index (χ1) is 29.2. The molecule has 0 atom stereocenters. The molecular formula is C46H28O. The SMILES string of the molecule is [2H]c1c([2H])c([2H])c2c([2H])c(-c3c4ccccc4c(-c4c([2H])c([2H])c5c([2H])c([2H])c([2H])c([2H])c5c4[2H])c4c(-c5cccc6c5oc5ccccc56)cccc34)c([2H])c([2H])c2c1[2H]. The van der Waals surface area contributed by atoms with Crippen molar-refractivity contribution in [2.75, 3.05) is 0 Å². The van der Waals surface area contributed by atoms with Crippen molar-refractivity contribution in [1.29, 1.82) is 0 Å². The molecule has 0 radical (unpaired) electrons. The van der Waals surface area contributed by atoms with Gasteiger partial charge in [-0.25, -0.2) is 0 Å². The molecule has 47 heavy (non-hydrogen) atoms. The molecule has 9 aromatic carbocycles. The fourth-order valence-electron chi connectivity index (χ4n) is 6.75. The fourth-order valence-corrected chi connectivity index (χ4v) is 6.75. The van der Waals surface area contributed by atoms with E-state index >= 15 is 0 Å². The van der Waals surface area contributed by atoms with Crippen LogP contribution in [0.3, 0.4) is 0 Å². The lowest BCUT2D eigenvalue weighted by molar-refractivity contribution is 0.670. The lowest BCUT2D eigenvalue weighted by Gasteiger charge is -2.21. The maximum absolute atomic E-state index is 9.71. The van der Waals surface area contributed by atoms with Gasteiger partial charge in [-0.2, -0.15) is 0 Å². The van der Waals surface area contributed by atoms with Crippen molar-refractivity contribution in [1.82, 2.24) is 0 Å². The Morgan fingerprint density at radius 3 is 1.64 bits per heavy atom. The first kappa shape index (κ1) is 15.9. The molecule has 1 heterocycles. The van der Waals surface area contributed by atoms with E-state index < -0.39 is 84.6 Å². The van der Waals surface area contributed by atoms with Crippen LogP contribution in [0.2, 0.25) is 0 Å². The standard InChI is InChI=1S/C46H28O/c1-3-13-31-27-33(25-23-29(31)11-1)43-36-16-5-6-17-37(36)44(34-26-24-30-12-2-4-14-32(30)28-34)45-38(18-9-21-41(43)45)40-20-10-19-39-35-15-7-8-22-42(35)47-46(39)40/h1-28H/i1D,2D,3D,4D,11D,12D,13D,14D,23D,24D,25D,26D,27D,28D. The third-order valence-corrected chi connectivity index (χ3v) is 8.74. The number of hydrogen-bond donors (Lipinski definition) is 0. The number of fused-ring (bicyclic) bond motifs is 7. The van der Waals surface area contributed by atoms with Crippen molar-refractivity contribution < 1.29 is 23.6 Å². The minimum atomic E-state index is -0.595. The van der Waals surface area contributed by atoms with Crippen LogP contribution in [-0.2, 0) is 0 Å². The Morgan fingerprint density at radius 2 is 0.936 bits per heavy atom. The lowest BCUT2D eigenvalue weighted by atomic mass is 9.82. The van der Waals surface area contributed by atoms with E-state index in [1.807, 2.05) is 48.5 Å². The van der Waals surface area contributed by atoms with Gasteiger partial charge in [0.25, 0.3) is 0 Å². The second kappa shape index (κ2) is 10.2. The number of para-hydroxylation sites is 2. The molecule has 0 unspecified atom stereocenters. The van der Waals surface area contributed by atoms with E-state index in [4.69, 9.17) is 16.8 Å². The number of benzene rings is 9. The van der Waals surface area contributed by atoms with Gasteiger partial charge in [-0.15, -0.1) is 0 Å². The summed E-state index contributed by atoms with van der Waals surface area (Å²) in [6.45, 7) is 0. The molecule has 0 spiro atoms.